The van der Waals surface area contributed by atoms with Crippen LogP contribution in [0.25, 0.3) is 0 Å². The zero-order valence-corrected chi connectivity index (χ0v) is 13.5. The lowest BCUT2D eigenvalue weighted by Crippen LogP contribution is -2.24. The summed E-state index contributed by atoms with van der Waals surface area (Å²) in [5.41, 5.74) is 5.61. The second kappa shape index (κ2) is 8.18. The molecule has 0 aliphatic rings. The number of hydrogen-bond donors (Lipinski definition) is 2. The molecule has 0 spiro atoms. The summed E-state index contributed by atoms with van der Waals surface area (Å²) in [4.78, 5) is 26.3. The largest absolute Gasteiger partial charge is 0.435 e. The molecule has 0 bridgehead atoms. The van der Waals surface area contributed by atoms with E-state index in [4.69, 9.17) is 10.5 Å². The minimum Gasteiger partial charge on any atom is -0.435 e. The number of pyridine rings is 1. The first-order valence-electron chi connectivity index (χ1n) is 7.50. The topological polar surface area (TPSA) is 94.3 Å². The van der Waals surface area contributed by atoms with Gasteiger partial charge in [-0.15, -0.1) is 0 Å². The number of primary amides is 1. The highest BCUT2D eigenvalue weighted by molar-refractivity contribution is 5.82. The minimum absolute atomic E-state index is 0.0381. The Morgan fingerprint density at radius 2 is 1.96 bits per heavy atom. The quantitative estimate of drug-likeness (QED) is 0.802. The van der Waals surface area contributed by atoms with Crippen molar-refractivity contribution in [3.8, 4) is 11.6 Å². The number of halogens is 2. The SMILES string of the molecule is Cc1ccc(Oc2ncccc2CNC(=O)CCC(N)=O)c(F)c1F. The molecule has 0 atom stereocenters. The van der Waals surface area contributed by atoms with Gasteiger partial charge in [-0.25, -0.2) is 9.37 Å². The van der Waals surface area contributed by atoms with E-state index in [1.165, 1.54) is 25.3 Å². The van der Waals surface area contributed by atoms with Crippen molar-refractivity contribution < 1.29 is 23.1 Å². The van der Waals surface area contributed by atoms with Gasteiger partial charge in [0.25, 0.3) is 0 Å². The molecule has 132 valence electrons. The number of ether oxygens (including phenoxy) is 1. The molecule has 0 aliphatic heterocycles. The number of amides is 2. The van der Waals surface area contributed by atoms with Crippen LogP contribution in [0.15, 0.2) is 30.5 Å². The maximum absolute atomic E-state index is 13.9. The molecule has 6 nitrogen and oxygen atoms in total. The number of benzene rings is 1. The smallest absolute Gasteiger partial charge is 0.224 e. The third-order valence-electron chi connectivity index (χ3n) is 3.37. The minimum atomic E-state index is -1.11. The maximum Gasteiger partial charge on any atom is 0.224 e. The van der Waals surface area contributed by atoms with Crippen LogP contribution in [0.1, 0.15) is 24.0 Å². The van der Waals surface area contributed by atoms with Crippen LogP contribution in [0.4, 0.5) is 8.78 Å². The van der Waals surface area contributed by atoms with Crippen molar-refractivity contribution in [2.75, 3.05) is 0 Å². The first-order chi connectivity index (χ1) is 11.9. The number of nitrogens with two attached hydrogens (primary N) is 1. The number of rotatable bonds is 7. The predicted molar refractivity (Wildman–Crippen MR) is 85.7 cm³/mol. The van der Waals surface area contributed by atoms with E-state index in [-0.39, 0.29) is 42.5 Å². The fourth-order valence-corrected chi connectivity index (χ4v) is 1.98. The third-order valence-corrected chi connectivity index (χ3v) is 3.37. The first kappa shape index (κ1) is 18.3. The van der Waals surface area contributed by atoms with E-state index in [0.29, 0.717) is 5.56 Å². The van der Waals surface area contributed by atoms with E-state index < -0.39 is 17.5 Å². The fraction of sp³-hybridized carbons (Fsp3) is 0.235. The van der Waals surface area contributed by atoms with Gasteiger partial charge in [-0.3, -0.25) is 9.59 Å². The third kappa shape index (κ3) is 4.97. The Bertz CT molecular complexity index is 797. The van der Waals surface area contributed by atoms with Gasteiger partial charge < -0.3 is 15.8 Å². The highest BCUT2D eigenvalue weighted by Crippen LogP contribution is 2.28. The Morgan fingerprint density at radius 1 is 1.20 bits per heavy atom. The molecule has 0 radical (unpaired) electrons. The summed E-state index contributed by atoms with van der Waals surface area (Å²) in [6.45, 7) is 1.49. The molecular weight excluding hydrogens is 332 g/mol. The Balaban J connectivity index is 2.09. The molecule has 8 heteroatoms. The molecule has 0 aliphatic carbocycles. The highest BCUT2D eigenvalue weighted by Gasteiger charge is 2.15. The number of hydrogen-bond acceptors (Lipinski definition) is 4. The number of nitrogens with one attached hydrogen (secondary N) is 1. The molecule has 25 heavy (non-hydrogen) atoms. The number of aryl methyl sites for hydroxylation is 1. The van der Waals surface area contributed by atoms with Gasteiger partial charge in [0.1, 0.15) is 0 Å². The molecular formula is C17H17F2N3O3. The molecule has 1 aromatic carbocycles. The second-order valence-electron chi connectivity index (χ2n) is 5.32. The van der Waals surface area contributed by atoms with Gasteiger partial charge in [-0.1, -0.05) is 12.1 Å². The van der Waals surface area contributed by atoms with Crippen molar-refractivity contribution >= 4 is 11.8 Å². The van der Waals surface area contributed by atoms with Crippen LogP contribution in [0.2, 0.25) is 0 Å². The lowest BCUT2D eigenvalue weighted by molar-refractivity contribution is -0.125. The molecule has 0 fully saturated rings. The van der Waals surface area contributed by atoms with E-state index in [1.807, 2.05) is 0 Å². The zero-order chi connectivity index (χ0) is 18.4. The Hall–Kier alpha value is -3.03. The van der Waals surface area contributed by atoms with Crippen molar-refractivity contribution in [1.29, 1.82) is 0 Å². The lowest BCUT2D eigenvalue weighted by Gasteiger charge is -2.12. The van der Waals surface area contributed by atoms with Crippen molar-refractivity contribution in [2.45, 2.75) is 26.3 Å². The van der Waals surface area contributed by atoms with Crippen LogP contribution in [-0.2, 0) is 16.1 Å². The van der Waals surface area contributed by atoms with Crippen LogP contribution in [0.5, 0.6) is 11.6 Å². The monoisotopic (exact) mass is 349 g/mol. The van der Waals surface area contributed by atoms with Gasteiger partial charge in [-0.2, -0.15) is 4.39 Å². The number of carbonyl (C=O) groups excluding carboxylic acids is 2. The summed E-state index contributed by atoms with van der Waals surface area (Å²) in [7, 11) is 0. The lowest BCUT2D eigenvalue weighted by atomic mass is 10.2. The molecule has 1 aromatic heterocycles. The van der Waals surface area contributed by atoms with Gasteiger partial charge in [0.05, 0.1) is 0 Å². The zero-order valence-electron chi connectivity index (χ0n) is 13.5. The molecule has 2 amide bonds. The van der Waals surface area contributed by atoms with Crippen LogP contribution in [0.3, 0.4) is 0 Å². The Morgan fingerprint density at radius 3 is 2.68 bits per heavy atom. The van der Waals surface area contributed by atoms with Gasteiger partial charge in [0.2, 0.25) is 23.5 Å². The van der Waals surface area contributed by atoms with E-state index >= 15 is 0 Å². The molecule has 0 saturated carbocycles. The second-order valence-corrected chi connectivity index (χ2v) is 5.32. The van der Waals surface area contributed by atoms with Gasteiger partial charge >= 0.3 is 0 Å². The number of carbonyl (C=O) groups is 2. The molecule has 1 heterocycles. The van der Waals surface area contributed by atoms with E-state index in [2.05, 4.69) is 10.3 Å². The maximum atomic E-state index is 13.9. The average Bonchev–Trinajstić information content (AvgIpc) is 2.59. The van der Waals surface area contributed by atoms with Gasteiger partial charge in [0, 0.05) is 31.1 Å². The number of nitrogens with zero attached hydrogens (tertiary/aromatic N) is 1. The highest BCUT2D eigenvalue weighted by atomic mass is 19.2. The standard InChI is InChI=1S/C17H17F2N3O3/c1-10-4-5-12(16(19)15(10)18)25-17-11(3-2-8-21-17)9-22-14(24)7-6-13(20)23/h2-5,8H,6-7,9H2,1H3,(H2,20,23)(H,22,24). The van der Waals surface area contributed by atoms with Crippen LogP contribution in [-0.4, -0.2) is 16.8 Å². The summed E-state index contributed by atoms with van der Waals surface area (Å²) in [6.07, 6.45) is 1.33. The Labute approximate surface area is 143 Å². The van der Waals surface area contributed by atoms with Crippen LogP contribution < -0.4 is 15.8 Å². The summed E-state index contributed by atoms with van der Waals surface area (Å²) in [5.74, 6) is -3.31. The molecule has 0 unspecified atom stereocenters. The van der Waals surface area contributed by atoms with E-state index in [1.54, 1.807) is 12.1 Å². The van der Waals surface area contributed by atoms with Crippen molar-refractivity contribution in [3.05, 3.63) is 53.2 Å². The molecule has 2 aromatic rings. The number of aromatic nitrogens is 1. The summed E-state index contributed by atoms with van der Waals surface area (Å²) in [6, 6.07) is 5.93. The summed E-state index contributed by atoms with van der Waals surface area (Å²) in [5, 5.41) is 2.58. The Kier molecular flexibility index (Phi) is 5.99. The summed E-state index contributed by atoms with van der Waals surface area (Å²) < 4.78 is 32.9. The molecule has 3 N–H and O–H groups in total. The van der Waals surface area contributed by atoms with Gasteiger partial charge in [0.15, 0.2) is 11.6 Å². The van der Waals surface area contributed by atoms with Crippen LogP contribution in [0, 0.1) is 18.6 Å². The predicted octanol–water partition coefficient (Wildman–Crippen LogP) is 2.34. The normalized spacial score (nSPS) is 10.4. The van der Waals surface area contributed by atoms with Crippen LogP contribution >= 0.6 is 0 Å². The first-order valence-corrected chi connectivity index (χ1v) is 7.50. The molecule has 0 saturated heterocycles. The van der Waals surface area contributed by atoms with Crippen molar-refractivity contribution in [3.63, 3.8) is 0 Å². The fourth-order valence-electron chi connectivity index (χ4n) is 1.98. The van der Waals surface area contributed by atoms with E-state index in [9.17, 15) is 18.4 Å². The van der Waals surface area contributed by atoms with Crippen molar-refractivity contribution in [2.24, 2.45) is 5.73 Å². The molecule has 2 rings (SSSR count). The van der Waals surface area contributed by atoms with E-state index in [0.717, 1.165) is 0 Å². The van der Waals surface area contributed by atoms with Crippen molar-refractivity contribution in [1.82, 2.24) is 10.3 Å². The van der Waals surface area contributed by atoms with Gasteiger partial charge in [-0.05, 0) is 24.6 Å². The average molecular weight is 349 g/mol. The summed E-state index contributed by atoms with van der Waals surface area (Å²) >= 11 is 0.